The molecule has 0 saturated heterocycles. The Kier molecular flexibility index (Phi) is 4.35. The van der Waals surface area contributed by atoms with Gasteiger partial charge in [0.25, 0.3) is 0 Å². The van der Waals surface area contributed by atoms with Crippen molar-refractivity contribution in [3.05, 3.63) is 18.1 Å². The molecule has 19 heavy (non-hydrogen) atoms. The summed E-state index contributed by atoms with van der Waals surface area (Å²) >= 11 is 0. The highest BCUT2D eigenvalue weighted by Crippen LogP contribution is 2.29. The van der Waals surface area contributed by atoms with Gasteiger partial charge in [-0.05, 0) is 33.6 Å². The second kappa shape index (κ2) is 5.99. The molecule has 1 saturated carbocycles. The molecule has 104 valence electrons. The second-order valence-electron chi connectivity index (χ2n) is 5.51. The van der Waals surface area contributed by atoms with Crippen LogP contribution in [0.15, 0.2) is 12.5 Å². The normalized spacial score (nSPS) is 22.5. The molecule has 1 aliphatic rings. The van der Waals surface area contributed by atoms with Gasteiger partial charge in [0.1, 0.15) is 12.1 Å². The molecule has 1 heterocycles. The van der Waals surface area contributed by atoms with Gasteiger partial charge in [-0.2, -0.15) is 0 Å². The third-order valence-corrected chi connectivity index (χ3v) is 3.50. The summed E-state index contributed by atoms with van der Waals surface area (Å²) in [5, 5.41) is 6.40. The standard InChI is InChI=1S/C14H22N4O/c1-9(2)17-14(19)11-5-4-6-12(11)18-13-10(3)7-15-8-16-13/h7-9,11-12H,4-6H2,1-3H3,(H,17,19)(H,15,16,18)/t11-,12+/m0/s1. The lowest BCUT2D eigenvalue weighted by Crippen LogP contribution is -2.41. The van der Waals surface area contributed by atoms with Gasteiger partial charge < -0.3 is 10.6 Å². The van der Waals surface area contributed by atoms with E-state index >= 15 is 0 Å². The van der Waals surface area contributed by atoms with Crippen molar-refractivity contribution in [1.82, 2.24) is 15.3 Å². The van der Waals surface area contributed by atoms with Crippen molar-refractivity contribution in [2.24, 2.45) is 5.92 Å². The fraction of sp³-hybridized carbons (Fsp3) is 0.643. The molecule has 1 aromatic rings. The van der Waals surface area contributed by atoms with Gasteiger partial charge in [0.15, 0.2) is 0 Å². The molecule has 5 nitrogen and oxygen atoms in total. The topological polar surface area (TPSA) is 66.9 Å². The summed E-state index contributed by atoms with van der Waals surface area (Å²) in [5.74, 6) is 1.03. The maximum Gasteiger partial charge on any atom is 0.225 e. The number of hydrogen-bond acceptors (Lipinski definition) is 4. The summed E-state index contributed by atoms with van der Waals surface area (Å²) in [7, 11) is 0. The van der Waals surface area contributed by atoms with Crippen LogP contribution in [0.3, 0.4) is 0 Å². The molecule has 1 aliphatic carbocycles. The largest absolute Gasteiger partial charge is 0.366 e. The molecule has 1 fully saturated rings. The Morgan fingerprint density at radius 2 is 2.21 bits per heavy atom. The van der Waals surface area contributed by atoms with E-state index < -0.39 is 0 Å². The zero-order chi connectivity index (χ0) is 13.8. The van der Waals surface area contributed by atoms with Crippen molar-refractivity contribution >= 4 is 11.7 Å². The second-order valence-corrected chi connectivity index (χ2v) is 5.51. The van der Waals surface area contributed by atoms with Crippen LogP contribution in [0.25, 0.3) is 0 Å². The average Bonchev–Trinajstić information content (AvgIpc) is 2.79. The van der Waals surface area contributed by atoms with E-state index in [1.807, 2.05) is 20.8 Å². The zero-order valence-corrected chi connectivity index (χ0v) is 11.8. The van der Waals surface area contributed by atoms with E-state index in [9.17, 15) is 4.79 Å². The summed E-state index contributed by atoms with van der Waals surface area (Å²) < 4.78 is 0. The van der Waals surface area contributed by atoms with E-state index in [-0.39, 0.29) is 23.9 Å². The molecule has 0 unspecified atom stereocenters. The van der Waals surface area contributed by atoms with Crippen LogP contribution in [-0.2, 0) is 4.79 Å². The summed E-state index contributed by atoms with van der Waals surface area (Å²) in [5.41, 5.74) is 1.01. The van der Waals surface area contributed by atoms with Crippen LogP contribution in [0.4, 0.5) is 5.82 Å². The van der Waals surface area contributed by atoms with Crippen LogP contribution in [0.2, 0.25) is 0 Å². The van der Waals surface area contributed by atoms with E-state index in [0.29, 0.717) is 0 Å². The van der Waals surface area contributed by atoms with Crippen LogP contribution < -0.4 is 10.6 Å². The molecule has 0 radical (unpaired) electrons. The quantitative estimate of drug-likeness (QED) is 0.869. The average molecular weight is 262 g/mol. The van der Waals surface area contributed by atoms with Gasteiger partial charge in [-0.3, -0.25) is 4.79 Å². The number of nitrogens with zero attached hydrogens (tertiary/aromatic N) is 2. The minimum absolute atomic E-state index is 0.0387. The van der Waals surface area contributed by atoms with Crippen molar-refractivity contribution in [2.75, 3.05) is 5.32 Å². The molecule has 1 amide bonds. The molecule has 0 aliphatic heterocycles. The number of amides is 1. The molecule has 2 rings (SSSR count). The Labute approximate surface area is 114 Å². The SMILES string of the molecule is Cc1cncnc1N[C@@H]1CCC[C@@H]1C(=O)NC(C)C. The summed E-state index contributed by atoms with van der Waals surface area (Å²) in [6, 6.07) is 0.363. The first-order chi connectivity index (χ1) is 9.08. The van der Waals surface area contributed by atoms with E-state index in [1.165, 1.54) is 6.33 Å². The number of aryl methyl sites for hydroxylation is 1. The van der Waals surface area contributed by atoms with E-state index in [0.717, 1.165) is 30.6 Å². The van der Waals surface area contributed by atoms with Gasteiger partial charge in [0.05, 0.1) is 5.92 Å². The van der Waals surface area contributed by atoms with Gasteiger partial charge in [0, 0.05) is 23.8 Å². The van der Waals surface area contributed by atoms with Gasteiger partial charge >= 0.3 is 0 Å². The number of carbonyl (C=O) groups excluding carboxylic acids is 1. The lowest BCUT2D eigenvalue weighted by atomic mass is 10.0. The molecule has 2 N–H and O–H groups in total. The lowest BCUT2D eigenvalue weighted by molar-refractivity contribution is -0.125. The van der Waals surface area contributed by atoms with E-state index in [4.69, 9.17) is 0 Å². The first-order valence-electron chi connectivity index (χ1n) is 6.91. The highest BCUT2D eigenvalue weighted by atomic mass is 16.2. The molecule has 0 spiro atoms. The number of carbonyl (C=O) groups is 1. The van der Waals surface area contributed by atoms with Crippen molar-refractivity contribution in [1.29, 1.82) is 0 Å². The van der Waals surface area contributed by atoms with Crippen molar-refractivity contribution in [3.63, 3.8) is 0 Å². The number of anilines is 1. The summed E-state index contributed by atoms with van der Waals surface area (Å²) in [4.78, 5) is 20.4. The maximum absolute atomic E-state index is 12.2. The Balaban J connectivity index is 2.03. The maximum atomic E-state index is 12.2. The minimum atomic E-state index is 0.0387. The predicted molar refractivity (Wildman–Crippen MR) is 74.8 cm³/mol. The smallest absolute Gasteiger partial charge is 0.225 e. The fourth-order valence-corrected chi connectivity index (χ4v) is 2.56. The first-order valence-corrected chi connectivity index (χ1v) is 6.91. The van der Waals surface area contributed by atoms with Gasteiger partial charge in [0.2, 0.25) is 5.91 Å². The zero-order valence-electron chi connectivity index (χ0n) is 11.8. The van der Waals surface area contributed by atoms with Crippen LogP contribution in [-0.4, -0.2) is 28.0 Å². The first kappa shape index (κ1) is 13.8. The monoisotopic (exact) mass is 262 g/mol. The highest BCUT2D eigenvalue weighted by Gasteiger charge is 2.33. The van der Waals surface area contributed by atoms with Crippen LogP contribution in [0.1, 0.15) is 38.7 Å². The number of nitrogens with one attached hydrogen (secondary N) is 2. The number of hydrogen-bond donors (Lipinski definition) is 2. The molecule has 0 aromatic carbocycles. The van der Waals surface area contributed by atoms with Gasteiger partial charge in [-0.15, -0.1) is 0 Å². The third-order valence-electron chi connectivity index (χ3n) is 3.50. The van der Waals surface area contributed by atoms with E-state index in [1.54, 1.807) is 6.20 Å². The van der Waals surface area contributed by atoms with Crippen molar-refractivity contribution in [2.45, 2.75) is 52.1 Å². The molecular formula is C14H22N4O. The van der Waals surface area contributed by atoms with Crippen LogP contribution >= 0.6 is 0 Å². The highest BCUT2D eigenvalue weighted by molar-refractivity contribution is 5.80. The summed E-state index contributed by atoms with van der Waals surface area (Å²) in [6.07, 6.45) is 6.36. The van der Waals surface area contributed by atoms with Gasteiger partial charge in [-0.1, -0.05) is 6.42 Å². The van der Waals surface area contributed by atoms with Crippen molar-refractivity contribution < 1.29 is 4.79 Å². The molecule has 1 aromatic heterocycles. The number of aromatic nitrogens is 2. The Morgan fingerprint density at radius 1 is 1.42 bits per heavy atom. The fourth-order valence-electron chi connectivity index (χ4n) is 2.56. The minimum Gasteiger partial charge on any atom is -0.366 e. The van der Waals surface area contributed by atoms with E-state index in [2.05, 4.69) is 20.6 Å². The summed E-state index contributed by atoms with van der Waals surface area (Å²) in [6.45, 7) is 5.95. The lowest BCUT2D eigenvalue weighted by Gasteiger charge is -2.22. The van der Waals surface area contributed by atoms with Gasteiger partial charge in [-0.25, -0.2) is 9.97 Å². The molecule has 0 bridgehead atoms. The Bertz CT molecular complexity index is 447. The van der Waals surface area contributed by atoms with Crippen LogP contribution in [0, 0.1) is 12.8 Å². The molecular weight excluding hydrogens is 240 g/mol. The van der Waals surface area contributed by atoms with Crippen molar-refractivity contribution in [3.8, 4) is 0 Å². The third kappa shape index (κ3) is 3.43. The molecule has 2 atom stereocenters. The van der Waals surface area contributed by atoms with Crippen LogP contribution in [0.5, 0.6) is 0 Å². The number of rotatable bonds is 4. The molecule has 5 heteroatoms. The predicted octanol–water partition coefficient (Wildman–Crippen LogP) is 1.89. The Hall–Kier alpha value is -1.65. The Morgan fingerprint density at radius 3 is 2.89 bits per heavy atom.